The predicted octanol–water partition coefficient (Wildman–Crippen LogP) is 1.58. The van der Waals surface area contributed by atoms with Gasteiger partial charge >= 0.3 is 0 Å². The Bertz CT molecular complexity index is 201. The van der Waals surface area contributed by atoms with E-state index in [4.69, 9.17) is 0 Å². The Morgan fingerprint density at radius 3 is 1.82 bits per heavy atom. The Hall–Kier alpha value is -1.02. The lowest BCUT2D eigenvalue weighted by Gasteiger charge is -2.11. The van der Waals surface area contributed by atoms with E-state index in [1.54, 1.807) is 0 Å². The number of hydrogen-bond donors (Lipinski definition) is 0. The molecule has 0 heterocycles. The van der Waals surface area contributed by atoms with Crippen LogP contribution in [-0.2, 0) is 0 Å². The van der Waals surface area contributed by atoms with E-state index in [0.29, 0.717) is 0 Å². The zero-order valence-electron chi connectivity index (χ0n) is 7.20. The van der Waals surface area contributed by atoms with Crippen molar-refractivity contribution < 1.29 is 0 Å². The van der Waals surface area contributed by atoms with E-state index in [-0.39, 0.29) is 6.15 Å². The van der Waals surface area contributed by atoms with Crippen molar-refractivity contribution in [3.63, 3.8) is 0 Å². The molecule has 0 saturated carbocycles. The van der Waals surface area contributed by atoms with Crippen molar-refractivity contribution >= 4 is 5.69 Å². The van der Waals surface area contributed by atoms with Gasteiger partial charge in [-0.2, -0.15) is 0 Å². The fourth-order valence-electron chi connectivity index (χ4n) is 0.843. The molecule has 0 fully saturated rings. The fourth-order valence-corrected chi connectivity index (χ4v) is 0.843. The standard InChI is InChI=1S/C9H13N.N/c1-8-4-6-9(7-5-8)10(2)3;/h4-7H,1-3H3;. The van der Waals surface area contributed by atoms with E-state index in [1.807, 2.05) is 14.1 Å². The maximum atomic E-state index is 2.12. The van der Waals surface area contributed by atoms with Crippen LogP contribution in [0.4, 0.5) is 5.69 Å². The monoisotopic (exact) mass is 149 g/mol. The molecule has 11 heavy (non-hydrogen) atoms. The molecule has 2 nitrogen and oxygen atoms in total. The maximum Gasteiger partial charge on any atom is 0.0361 e. The van der Waals surface area contributed by atoms with Crippen LogP contribution in [0, 0.1) is 6.92 Å². The molecule has 0 N–H and O–H groups in total. The highest BCUT2D eigenvalue weighted by Crippen LogP contribution is 2.10. The Balaban J connectivity index is 0.000001000. The van der Waals surface area contributed by atoms with Gasteiger partial charge in [0.15, 0.2) is 0 Å². The first-order chi connectivity index (χ1) is 4.70. The van der Waals surface area contributed by atoms with Gasteiger partial charge in [-0.05, 0) is 19.1 Å². The maximum absolute atomic E-state index is 2.12. The average molecular weight is 149 g/mol. The minimum Gasteiger partial charge on any atom is -0.378 e. The minimum atomic E-state index is 0. The second-order valence-corrected chi connectivity index (χ2v) is 2.73. The first-order valence-corrected chi connectivity index (χ1v) is 3.44. The quantitative estimate of drug-likeness (QED) is 0.596. The molecule has 0 unspecified atom stereocenters. The molecule has 0 spiro atoms. The van der Waals surface area contributed by atoms with Crippen LogP contribution < -0.4 is 11.1 Å². The summed E-state index contributed by atoms with van der Waals surface area (Å²) in [6, 6.07) is 8.48. The Labute approximate surface area is 68.4 Å². The smallest absolute Gasteiger partial charge is 0.0361 e. The number of nitrogens with zero attached hydrogens (tertiary/aromatic N) is 2. The van der Waals surface area contributed by atoms with Crippen molar-refractivity contribution in [2.75, 3.05) is 19.0 Å². The molecule has 0 aliphatic carbocycles. The van der Waals surface area contributed by atoms with Gasteiger partial charge < -0.3 is 4.90 Å². The highest BCUT2D eigenvalue weighted by atomic mass is 15.1. The summed E-state index contributed by atoms with van der Waals surface area (Å²) in [5.74, 6) is 0. The van der Waals surface area contributed by atoms with Crippen LogP contribution in [0.25, 0.3) is 0 Å². The van der Waals surface area contributed by atoms with Gasteiger partial charge in [0.25, 0.3) is 0 Å². The molecule has 0 aliphatic heterocycles. The topological polar surface area (TPSA) is 33.7 Å². The van der Waals surface area contributed by atoms with E-state index in [9.17, 15) is 0 Å². The summed E-state index contributed by atoms with van der Waals surface area (Å²) in [7, 11) is 4.09. The van der Waals surface area contributed by atoms with Crippen LogP contribution in [0.1, 0.15) is 5.56 Å². The zero-order chi connectivity index (χ0) is 7.56. The molecule has 0 saturated heterocycles. The molecule has 1 rings (SSSR count). The van der Waals surface area contributed by atoms with Crippen LogP contribution in [0.2, 0.25) is 0 Å². The summed E-state index contributed by atoms with van der Waals surface area (Å²) >= 11 is 0. The van der Waals surface area contributed by atoms with E-state index >= 15 is 0 Å². The van der Waals surface area contributed by atoms with Crippen molar-refractivity contribution in [2.45, 2.75) is 6.92 Å². The van der Waals surface area contributed by atoms with Crippen LogP contribution in [0.3, 0.4) is 0 Å². The van der Waals surface area contributed by atoms with E-state index in [1.165, 1.54) is 11.3 Å². The first-order valence-electron chi connectivity index (χ1n) is 3.44. The summed E-state index contributed by atoms with van der Waals surface area (Å²) < 4.78 is 0. The number of anilines is 1. The Morgan fingerprint density at radius 1 is 1.00 bits per heavy atom. The third kappa shape index (κ3) is 2.60. The third-order valence-electron chi connectivity index (χ3n) is 1.55. The van der Waals surface area contributed by atoms with E-state index < -0.39 is 0 Å². The van der Waals surface area contributed by atoms with Crippen molar-refractivity contribution in [3.05, 3.63) is 29.8 Å². The van der Waals surface area contributed by atoms with Gasteiger partial charge in [-0.15, -0.1) is 0 Å². The number of rotatable bonds is 1. The van der Waals surface area contributed by atoms with Gasteiger partial charge in [0.2, 0.25) is 0 Å². The van der Waals surface area contributed by atoms with E-state index in [0.717, 1.165) is 0 Å². The largest absolute Gasteiger partial charge is 0.378 e. The molecule has 59 valence electrons. The Morgan fingerprint density at radius 2 is 1.45 bits per heavy atom. The summed E-state index contributed by atoms with van der Waals surface area (Å²) in [5.41, 5.74) is 2.57. The van der Waals surface area contributed by atoms with Gasteiger partial charge in [0.05, 0.1) is 0 Å². The van der Waals surface area contributed by atoms with Crippen molar-refractivity contribution in [1.29, 1.82) is 0 Å². The molecule has 0 amide bonds. The third-order valence-corrected chi connectivity index (χ3v) is 1.55. The van der Waals surface area contributed by atoms with Gasteiger partial charge in [-0.25, -0.2) is 0 Å². The van der Waals surface area contributed by atoms with Crippen LogP contribution in [0.5, 0.6) is 0 Å². The SMILES string of the molecule is Cc1ccc(N(C)C)cc1.[N]. The summed E-state index contributed by atoms with van der Waals surface area (Å²) in [4.78, 5) is 2.10. The number of aryl methyl sites for hydroxylation is 1. The molecular formula is C9H13N2. The molecule has 1 aromatic carbocycles. The summed E-state index contributed by atoms with van der Waals surface area (Å²) in [5, 5.41) is 0. The van der Waals surface area contributed by atoms with Crippen LogP contribution in [-0.4, -0.2) is 14.1 Å². The second kappa shape index (κ2) is 3.98. The van der Waals surface area contributed by atoms with Crippen molar-refractivity contribution in [2.24, 2.45) is 0 Å². The average Bonchev–Trinajstić information content (AvgIpc) is 1.88. The lowest BCUT2D eigenvalue weighted by molar-refractivity contribution is 1.13. The normalized spacial score (nSPS) is 8.64. The minimum absolute atomic E-state index is 0. The Kier molecular flexibility index (Phi) is 3.61. The molecule has 1 aromatic rings. The number of benzene rings is 1. The lowest BCUT2D eigenvalue weighted by Crippen LogP contribution is -2.07. The van der Waals surface area contributed by atoms with Gasteiger partial charge in [0.1, 0.15) is 0 Å². The molecule has 0 aliphatic rings. The highest BCUT2D eigenvalue weighted by molar-refractivity contribution is 5.45. The molecule has 0 bridgehead atoms. The molecule has 2 heteroatoms. The highest BCUT2D eigenvalue weighted by Gasteiger charge is 1.90. The zero-order valence-corrected chi connectivity index (χ0v) is 7.20. The first kappa shape index (κ1) is 9.98. The van der Waals surface area contributed by atoms with Gasteiger partial charge in [0, 0.05) is 25.9 Å². The van der Waals surface area contributed by atoms with Gasteiger partial charge in [-0.1, -0.05) is 17.7 Å². The van der Waals surface area contributed by atoms with Crippen molar-refractivity contribution in [3.8, 4) is 0 Å². The van der Waals surface area contributed by atoms with Crippen LogP contribution in [0.15, 0.2) is 24.3 Å². The molecule has 0 aromatic heterocycles. The summed E-state index contributed by atoms with van der Waals surface area (Å²) in [6.45, 7) is 2.10. The predicted molar refractivity (Wildman–Crippen MR) is 47.6 cm³/mol. The summed E-state index contributed by atoms with van der Waals surface area (Å²) in [6.07, 6.45) is 0. The van der Waals surface area contributed by atoms with Crippen molar-refractivity contribution in [1.82, 2.24) is 6.15 Å². The van der Waals surface area contributed by atoms with Gasteiger partial charge in [-0.3, -0.25) is 0 Å². The molecular weight excluding hydrogens is 136 g/mol. The molecule has 3 radical (unpaired) electrons. The van der Waals surface area contributed by atoms with E-state index in [2.05, 4.69) is 36.1 Å². The molecule has 0 atom stereocenters. The van der Waals surface area contributed by atoms with Crippen LogP contribution >= 0.6 is 0 Å². The lowest BCUT2D eigenvalue weighted by atomic mass is 10.2. The number of hydrogen-bond acceptors (Lipinski definition) is 1. The fraction of sp³-hybridized carbons (Fsp3) is 0.333. The second-order valence-electron chi connectivity index (χ2n) is 2.73.